The first kappa shape index (κ1) is 22.2. The van der Waals surface area contributed by atoms with Crippen LogP contribution in [-0.2, 0) is 0 Å². The molecule has 1 atom stereocenters. The largest absolute Gasteiger partial charge is 0.449 e. The quantitative estimate of drug-likeness (QED) is 0.435. The van der Waals surface area contributed by atoms with Crippen LogP contribution in [0.15, 0.2) is 89.9 Å². The summed E-state index contributed by atoms with van der Waals surface area (Å²) >= 11 is 6.03. The molecule has 6 nitrogen and oxygen atoms in total. The minimum absolute atomic E-state index is 0.198. The Balaban J connectivity index is 1.55. The van der Waals surface area contributed by atoms with Crippen LogP contribution in [0.2, 0.25) is 5.02 Å². The number of nitrogens with one attached hydrogen (secondary N) is 1. The number of piperazine rings is 1. The molecule has 0 amide bonds. The summed E-state index contributed by atoms with van der Waals surface area (Å²) in [5.41, 5.74) is 3.20. The van der Waals surface area contributed by atoms with Gasteiger partial charge >= 0.3 is 5.56 Å². The highest BCUT2D eigenvalue weighted by Crippen LogP contribution is 2.32. The first-order valence-electron chi connectivity index (χ1n) is 11.3. The van der Waals surface area contributed by atoms with Crippen LogP contribution in [-0.4, -0.2) is 35.5 Å². The molecule has 7 heteroatoms. The predicted octanol–water partition coefficient (Wildman–Crippen LogP) is 5.14. The molecular weight excluding hydrogens is 448 g/mol. The average Bonchev–Trinajstić information content (AvgIpc) is 2.87. The minimum atomic E-state index is -0.322. The number of rotatable bonds is 5. The van der Waals surface area contributed by atoms with E-state index in [0.29, 0.717) is 22.1 Å². The summed E-state index contributed by atoms with van der Waals surface area (Å²) in [6.07, 6.45) is 1.71. The smallest absolute Gasteiger partial charge is 0.316 e. The minimum Gasteiger partial charge on any atom is -0.449 e. The van der Waals surface area contributed by atoms with Crippen LogP contribution in [0.1, 0.15) is 6.92 Å². The Morgan fingerprint density at radius 2 is 1.68 bits per heavy atom. The van der Waals surface area contributed by atoms with Crippen molar-refractivity contribution in [2.24, 2.45) is 0 Å². The summed E-state index contributed by atoms with van der Waals surface area (Å²) in [6.45, 7) is 4.53. The van der Waals surface area contributed by atoms with E-state index in [-0.39, 0.29) is 17.4 Å². The van der Waals surface area contributed by atoms with Gasteiger partial charge in [-0.05, 0) is 54.4 Å². The Kier molecular flexibility index (Phi) is 6.34. The highest BCUT2D eigenvalue weighted by atomic mass is 35.5. The van der Waals surface area contributed by atoms with E-state index in [4.69, 9.17) is 16.3 Å². The molecule has 1 fully saturated rings. The number of hydrogen-bond acceptors (Lipinski definition) is 5. The highest BCUT2D eigenvalue weighted by Gasteiger charge is 2.25. The molecule has 4 aromatic rings. The summed E-state index contributed by atoms with van der Waals surface area (Å²) in [5.74, 6) is 0.848. The van der Waals surface area contributed by atoms with Crippen molar-refractivity contribution in [1.82, 2.24) is 15.1 Å². The number of ether oxygens (including phenoxy) is 1. The molecule has 1 aromatic heterocycles. The molecule has 1 N–H and O–H groups in total. The molecule has 2 heterocycles. The van der Waals surface area contributed by atoms with Crippen molar-refractivity contribution in [3.8, 4) is 28.3 Å². The van der Waals surface area contributed by atoms with Gasteiger partial charge in [0.1, 0.15) is 11.4 Å². The molecular formula is C27H25ClN4O2. The first-order valence-corrected chi connectivity index (χ1v) is 11.7. The van der Waals surface area contributed by atoms with Crippen LogP contribution >= 0.6 is 11.6 Å². The lowest BCUT2D eigenvalue weighted by Gasteiger charge is -2.36. The summed E-state index contributed by atoms with van der Waals surface area (Å²) in [6, 6.07) is 25.1. The number of hydrogen-bond donors (Lipinski definition) is 1. The van der Waals surface area contributed by atoms with Crippen molar-refractivity contribution in [2.45, 2.75) is 13.0 Å². The van der Waals surface area contributed by atoms with E-state index in [0.717, 1.165) is 30.8 Å². The zero-order valence-electron chi connectivity index (χ0n) is 18.8. The lowest BCUT2D eigenvalue weighted by molar-refractivity contribution is 0.451. The van der Waals surface area contributed by atoms with Gasteiger partial charge in [0, 0.05) is 30.7 Å². The van der Waals surface area contributed by atoms with E-state index < -0.39 is 0 Å². The maximum atomic E-state index is 13.6. The molecule has 0 unspecified atom stereocenters. The lowest BCUT2D eigenvalue weighted by Crippen LogP contribution is -2.50. The van der Waals surface area contributed by atoms with Crippen molar-refractivity contribution < 1.29 is 4.74 Å². The van der Waals surface area contributed by atoms with Crippen molar-refractivity contribution in [2.75, 3.05) is 24.5 Å². The SMILES string of the molecule is C[C@@H]1CNCCN1c1cnn(-c2ccc(Cl)cc2)c(=O)c1Oc1ccc(-c2ccccc2)cc1. The van der Waals surface area contributed by atoms with E-state index in [1.807, 2.05) is 42.5 Å². The third-order valence-corrected chi connectivity index (χ3v) is 6.23. The van der Waals surface area contributed by atoms with Gasteiger partial charge in [-0.1, -0.05) is 54.1 Å². The standard InChI is InChI=1S/C27H25ClN4O2/c1-19-17-29-15-16-31(19)25-18-30-32(23-11-9-22(28)10-12-23)27(33)26(25)34-24-13-7-21(8-14-24)20-5-3-2-4-6-20/h2-14,18-19,29H,15-17H2,1H3/t19-/m1/s1. The second-order valence-electron chi connectivity index (χ2n) is 8.29. The van der Waals surface area contributed by atoms with Gasteiger partial charge in [0.2, 0.25) is 5.75 Å². The summed E-state index contributed by atoms with van der Waals surface area (Å²) < 4.78 is 7.60. The van der Waals surface area contributed by atoms with Gasteiger partial charge in [0.05, 0.1) is 11.9 Å². The molecule has 0 spiro atoms. The van der Waals surface area contributed by atoms with Gasteiger partial charge in [0.15, 0.2) is 0 Å². The van der Waals surface area contributed by atoms with E-state index in [1.54, 1.807) is 30.5 Å². The van der Waals surface area contributed by atoms with Crippen LogP contribution in [0, 0.1) is 0 Å². The van der Waals surface area contributed by atoms with Gasteiger partial charge in [-0.2, -0.15) is 9.78 Å². The number of nitrogens with zero attached hydrogens (tertiary/aromatic N) is 3. The fraction of sp³-hybridized carbons (Fsp3) is 0.185. The van der Waals surface area contributed by atoms with Crippen LogP contribution in [0.25, 0.3) is 16.8 Å². The third-order valence-electron chi connectivity index (χ3n) is 5.98. The Hall–Kier alpha value is -3.61. The number of anilines is 1. The molecule has 0 aliphatic carbocycles. The van der Waals surface area contributed by atoms with Gasteiger partial charge in [0.25, 0.3) is 0 Å². The van der Waals surface area contributed by atoms with Gasteiger partial charge in [-0.15, -0.1) is 0 Å². The van der Waals surface area contributed by atoms with Crippen LogP contribution in [0.4, 0.5) is 5.69 Å². The van der Waals surface area contributed by atoms with Gasteiger partial charge < -0.3 is 15.0 Å². The molecule has 0 saturated carbocycles. The maximum absolute atomic E-state index is 13.6. The van der Waals surface area contributed by atoms with E-state index in [2.05, 4.69) is 34.4 Å². The monoisotopic (exact) mass is 472 g/mol. The Labute approximate surface area is 203 Å². The van der Waals surface area contributed by atoms with E-state index >= 15 is 0 Å². The maximum Gasteiger partial charge on any atom is 0.316 e. The van der Waals surface area contributed by atoms with Gasteiger partial charge in [-0.3, -0.25) is 4.79 Å². The summed E-state index contributed by atoms with van der Waals surface area (Å²) in [5, 5.41) is 8.44. The normalized spacial score (nSPS) is 15.8. The topological polar surface area (TPSA) is 59.4 Å². The van der Waals surface area contributed by atoms with Crippen molar-refractivity contribution in [1.29, 1.82) is 0 Å². The van der Waals surface area contributed by atoms with Crippen molar-refractivity contribution in [3.63, 3.8) is 0 Å². The van der Waals surface area contributed by atoms with Crippen molar-refractivity contribution in [3.05, 3.63) is 100 Å². The Morgan fingerprint density at radius 1 is 0.971 bits per heavy atom. The van der Waals surface area contributed by atoms with Crippen molar-refractivity contribution >= 4 is 17.3 Å². The van der Waals surface area contributed by atoms with Gasteiger partial charge in [-0.25, -0.2) is 0 Å². The molecule has 34 heavy (non-hydrogen) atoms. The highest BCUT2D eigenvalue weighted by molar-refractivity contribution is 6.30. The van der Waals surface area contributed by atoms with Crippen LogP contribution < -0.4 is 20.5 Å². The average molecular weight is 473 g/mol. The van der Waals surface area contributed by atoms with E-state index in [9.17, 15) is 4.79 Å². The summed E-state index contributed by atoms with van der Waals surface area (Å²) in [4.78, 5) is 15.8. The zero-order valence-corrected chi connectivity index (χ0v) is 19.6. The zero-order chi connectivity index (χ0) is 23.5. The molecule has 1 aliphatic heterocycles. The summed E-state index contributed by atoms with van der Waals surface area (Å²) in [7, 11) is 0. The molecule has 1 saturated heterocycles. The lowest BCUT2D eigenvalue weighted by atomic mass is 10.1. The number of halogens is 1. The molecule has 0 bridgehead atoms. The van der Waals surface area contributed by atoms with Crippen LogP contribution in [0.3, 0.4) is 0 Å². The molecule has 172 valence electrons. The molecule has 3 aromatic carbocycles. The molecule has 0 radical (unpaired) electrons. The fourth-order valence-electron chi connectivity index (χ4n) is 4.16. The fourth-order valence-corrected chi connectivity index (χ4v) is 4.28. The predicted molar refractivity (Wildman–Crippen MR) is 136 cm³/mol. The number of benzene rings is 3. The Bertz CT molecular complexity index is 1320. The molecule has 5 rings (SSSR count). The van der Waals surface area contributed by atoms with Crippen LogP contribution in [0.5, 0.6) is 11.5 Å². The third kappa shape index (κ3) is 4.55. The molecule has 1 aliphatic rings. The Morgan fingerprint density at radius 3 is 2.38 bits per heavy atom. The second-order valence-corrected chi connectivity index (χ2v) is 8.73. The van der Waals surface area contributed by atoms with E-state index in [1.165, 1.54) is 4.68 Å². The number of aromatic nitrogens is 2. The second kappa shape index (κ2) is 9.71. The first-order chi connectivity index (χ1) is 16.6.